The minimum atomic E-state index is -0.153. The lowest BCUT2D eigenvalue weighted by Gasteiger charge is -2.40. The van der Waals surface area contributed by atoms with Crippen molar-refractivity contribution < 1.29 is 4.74 Å². The van der Waals surface area contributed by atoms with Crippen LogP contribution in [0.1, 0.15) is 53.9 Å². The Bertz CT molecular complexity index is 160. The van der Waals surface area contributed by atoms with E-state index in [-0.39, 0.29) is 11.6 Å². The molecule has 0 spiro atoms. The highest BCUT2D eigenvalue weighted by molar-refractivity contribution is 4.91. The minimum absolute atomic E-state index is 0.153. The summed E-state index contributed by atoms with van der Waals surface area (Å²) in [6, 6.07) is 0.234. The van der Waals surface area contributed by atoms with Crippen LogP contribution < -0.4 is 11.3 Å². The van der Waals surface area contributed by atoms with Gasteiger partial charge in [-0.05, 0) is 26.2 Å². The summed E-state index contributed by atoms with van der Waals surface area (Å²) < 4.78 is 5.87. The van der Waals surface area contributed by atoms with E-state index in [4.69, 9.17) is 10.6 Å². The van der Waals surface area contributed by atoms with Crippen LogP contribution in [0.5, 0.6) is 0 Å². The third-order valence-electron chi connectivity index (χ3n) is 3.53. The first-order valence-corrected chi connectivity index (χ1v) is 6.19. The highest BCUT2D eigenvalue weighted by atomic mass is 16.5. The quantitative estimate of drug-likeness (QED) is 0.484. The third-order valence-corrected chi connectivity index (χ3v) is 3.53. The van der Waals surface area contributed by atoms with Crippen LogP contribution in [0.4, 0.5) is 0 Å². The fourth-order valence-corrected chi connectivity index (χ4v) is 2.31. The Kier molecular flexibility index (Phi) is 7.14. The molecule has 0 heterocycles. The summed E-state index contributed by atoms with van der Waals surface area (Å²) in [6.07, 6.45) is 3.24. The Balaban J connectivity index is 4.71. The van der Waals surface area contributed by atoms with Gasteiger partial charge in [0.25, 0.3) is 0 Å². The average molecular weight is 216 g/mol. The minimum Gasteiger partial charge on any atom is -0.374 e. The highest BCUT2D eigenvalue weighted by Crippen LogP contribution is 2.28. The molecule has 3 N–H and O–H groups in total. The molecule has 0 fully saturated rings. The van der Waals surface area contributed by atoms with Crippen LogP contribution >= 0.6 is 0 Å². The van der Waals surface area contributed by atoms with Crippen LogP contribution in [0.3, 0.4) is 0 Å². The molecule has 0 aliphatic rings. The van der Waals surface area contributed by atoms with Gasteiger partial charge < -0.3 is 4.74 Å². The van der Waals surface area contributed by atoms with Crippen molar-refractivity contribution in [2.45, 2.75) is 65.5 Å². The number of hydrogen-bond donors (Lipinski definition) is 2. The van der Waals surface area contributed by atoms with E-state index in [1.165, 1.54) is 0 Å². The molecule has 0 aromatic rings. The summed E-state index contributed by atoms with van der Waals surface area (Å²) >= 11 is 0. The van der Waals surface area contributed by atoms with E-state index in [1.54, 1.807) is 0 Å². The van der Waals surface area contributed by atoms with E-state index in [1.807, 2.05) is 6.92 Å². The Morgan fingerprint density at radius 2 is 1.73 bits per heavy atom. The second-order valence-corrected chi connectivity index (χ2v) is 4.32. The molecular weight excluding hydrogens is 188 g/mol. The molecule has 3 nitrogen and oxygen atoms in total. The molecule has 0 saturated heterocycles. The summed E-state index contributed by atoms with van der Waals surface area (Å²) in [4.78, 5) is 0. The summed E-state index contributed by atoms with van der Waals surface area (Å²) in [6.45, 7) is 11.5. The predicted molar refractivity (Wildman–Crippen MR) is 65.5 cm³/mol. The van der Waals surface area contributed by atoms with Crippen molar-refractivity contribution in [3.63, 3.8) is 0 Å². The van der Waals surface area contributed by atoms with Crippen molar-refractivity contribution in [3.8, 4) is 0 Å². The van der Waals surface area contributed by atoms with Gasteiger partial charge in [-0.2, -0.15) is 0 Å². The van der Waals surface area contributed by atoms with Gasteiger partial charge in [0.1, 0.15) is 0 Å². The summed E-state index contributed by atoms with van der Waals surface area (Å²) in [5, 5.41) is 0. The fourth-order valence-electron chi connectivity index (χ4n) is 2.31. The van der Waals surface area contributed by atoms with Crippen molar-refractivity contribution in [1.82, 2.24) is 5.43 Å². The van der Waals surface area contributed by atoms with Gasteiger partial charge >= 0.3 is 0 Å². The summed E-state index contributed by atoms with van der Waals surface area (Å²) in [7, 11) is 0. The Labute approximate surface area is 94.7 Å². The highest BCUT2D eigenvalue weighted by Gasteiger charge is 2.36. The Morgan fingerprint density at radius 1 is 1.20 bits per heavy atom. The van der Waals surface area contributed by atoms with Crippen molar-refractivity contribution >= 4 is 0 Å². The third kappa shape index (κ3) is 3.74. The normalized spacial score (nSPS) is 17.8. The molecule has 0 amide bonds. The molecule has 0 aliphatic carbocycles. The largest absolute Gasteiger partial charge is 0.374 e. The van der Waals surface area contributed by atoms with E-state index >= 15 is 0 Å². The van der Waals surface area contributed by atoms with Gasteiger partial charge in [-0.3, -0.25) is 11.3 Å². The fraction of sp³-hybridized carbons (Fsp3) is 1.00. The maximum atomic E-state index is 5.87. The molecule has 2 unspecified atom stereocenters. The van der Waals surface area contributed by atoms with Gasteiger partial charge in [-0.25, -0.2) is 0 Å². The van der Waals surface area contributed by atoms with E-state index in [2.05, 4.69) is 33.1 Å². The molecular formula is C12H28N2O. The Morgan fingerprint density at radius 3 is 2.00 bits per heavy atom. The lowest BCUT2D eigenvalue weighted by molar-refractivity contribution is -0.0703. The molecule has 0 aromatic heterocycles. The van der Waals surface area contributed by atoms with E-state index in [0.29, 0.717) is 5.92 Å². The van der Waals surface area contributed by atoms with E-state index < -0.39 is 0 Å². The zero-order valence-corrected chi connectivity index (χ0v) is 11.0. The maximum Gasteiger partial charge on any atom is 0.0820 e. The standard InChI is InChI=1S/C12H28N2O/c1-6-10(7-2)11(14-13)12(5,8-3)15-9-4/h10-11,14H,6-9,13H2,1-5H3. The number of ether oxygens (including phenoxy) is 1. The van der Waals surface area contributed by atoms with Crippen molar-refractivity contribution in [3.05, 3.63) is 0 Å². The second-order valence-electron chi connectivity index (χ2n) is 4.32. The molecule has 0 aromatic carbocycles. The molecule has 2 atom stereocenters. The summed E-state index contributed by atoms with van der Waals surface area (Å²) in [5.74, 6) is 6.26. The van der Waals surface area contributed by atoms with Crippen LogP contribution in [-0.2, 0) is 4.74 Å². The van der Waals surface area contributed by atoms with E-state index in [0.717, 1.165) is 25.9 Å². The summed E-state index contributed by atoms with van der Waals surface area (Å²) in [5.41, 5.74) is 2.80. The van der Waals surface area contributed by atoms with Crippen LogP contribution in [0.25, 0.3) is 0 Å². The van der Waals surface area contributed by atoms with Crippen molar-refractivity contribution in [2.24, 2.45) is 11.8 Å². The molecule has 0 bridgehead atoms. The van der Waals surface area contributed by atoms with Gasteiger partial charge in [0, 0.05) is 6.61 Å². The lowest BCUT2D eigenvalue weighted by atomic mass is 9.81. The molecule has 0 aliphatic heterocycles. The molecule has 15 heavy (non-hydrogen) atoms. The van der Waals surface area contributed by atoms with Crippen LogP contribution in [0.15, 0.2) is 0 Å². The van der Waals surface area contributed by atoms with Gasteiger partial charge in [-0.15, -0.1) is 0 Å². The molecule has 92 valence electrons. The van der Waals surface area contributed by atoms with E-state index in [9.17, 15) is 0 Å². The molecule has 0 radical (unpaired) electrons. The van der Waals surface area contributed by atoms with Gasteiger partial charge in [0.05, 0.1) is 11.6 Å². The van der Waals surface area contributed by atoms with Crippen LogP contribution in [0, 0.1) is 5.92 Å². The molecule has 0 saturated carbocycles. The zero-order valence-electron chi connectivity index (χ0n) is 11.0. The van der Waals surface area contributed by atoms with Gasteiger partial charge in [0.15, 0.2) is 0 Å². The monoisotopic (exact) mass is 216 g/mol. The average Bonchev–Trinajstić information content (AvgIpc) is 2.25. The number of hydrazine groups is 1. The SMILES string of the molecule is CCOC(C)(CC)C(NN)C(CC)CC. The smallest absolute Gasteiger partial charge is 0.0820 e. The van der Waals surface area contributed by atoms with Gasteiger partial charge in [0.2, 0.25) is 0 Å². The maximum absolute atomic E-state index is 5.87. The number of hydrogen-bond acceptors (Lipinski definition) is 3. The van der Waals surface area contributed by atoms with Crippen LogP contribution in [0.2, 0.25) is 0 Å². The molecule has 0 rings (SSSR count). The predicted octanol–water partition coefficient (Wildman–Crippen LogP) is 2.46. The lowest BCUT2D eigenvalue weighted by Crippen LogP contribution is -2.56. The number of nitrogens with two attached hydrogens (primary N) is 1. The van der Waals surface area contributed by atoms with Crippen molar-refractivity contribution in [1.29, 1.82) is 0 Å². The second kappa shape index (κ2) is 7.20. The molecule has 3 heteroatoms. The van der Waals surface area contributed by atoms with Crippen LogP contribution in [-0.4, -0.2) is 18.2 Å². The first kappa shape index (κ1) is 14.9. The first-order valence-electron chi connectivity index (χ1n) is 6.19. The van der Waals surface area contributed by atoms with Gasteiger partial charge in [-0.1, -0.05) is 33.6 Å². The Hall–Kier alpha value is -0.120. The first-order chi connectivity index (χ1) is 7.09. The topological polar surface area (TPSA) is 47.3 Å². The zero-order chi connectivity index (χ0) is 11.9. The number of rotatable bonds is 8. The number of nitrogens with one attached hydrogen (secondary N) is 1. The van der Waals surface area contributed by atoms with Crippen molar-refractivity contribution in [2.75, 3.05) is 6.61 Å².